The summed E-state index contributed by atoms with van der Waals surface area (Å²) in [5.41, 5.74) is 2.08. The molecule has 0 spiro atoms. The van der Waals surface area contributed by atoms with E-state index < -0.39 is 12.2 Å². The van der Waals surface area contributed by atoms with E-state index in [0.717, 1.165) is 43.1 Å². The Kier molecular flexibility index (Phi) is 16.7. The minimum atomic E-state index is -0.476. The molecule has 2 amide bonds. The lowest BCUT2D eigenvalue weighted by Gasteiger charge is -2.12. The van der Waals surface area contributed by atoms with Crippen molar-refractivity contribution in [1.29, 1.82) is 0 Å². The standard InChI is InChI=1S/C29H50N2O4/c1-23(2)16-12-8-6-10-14-20-34-28(32)30-26-19-18-25(5)27(22-26)31-29(33)35-21-15-11-7-9-13-17-24(3)4/h18-19,22-24H,6-17,20-21H2,1-5H3,(H,30,32)(H,31,33). The second-order valence-corrected chi connectivity index (χ2v) is 10.5. The summed E-state index contributed by atoms with van der Waals surface area (Å²) in [5, 5.41) is 5.51. The molecule has 1 aromatic carbocycles. The lowest BCUT2D eigenvalue weighted by atomic mass is 10.0. The van der Waals surface area contributed by atoms with Gasteiger partial charge in [0.25, 0.3) is 0 Å². The van der Waals surface area contributed by atoms with Crippen LogP contribution < -0.4 is 10.6 Å². The van der Waals surface area contributed by atoms with Gasteiger partial charge in [0.05, 0.1) is 13.2 Å². The van der Waals surface area contributed by atoms with E-state index in [-0.39, 0.29) is 0 Å². The van der Waals surface area contributed by atoms with E-state index in [1.807, 2.05) is 13.0 Å². The zero-order chi connectivity index (χ0) is 25.9. The summed E-state index contributed by atoms with van der Waals surface area (Å²) in [6, 6.07) is 5.36. The fourth-order valence-electron chi connectivity index (χ4n) is 3.83. The molecule has 0 saturated carbocycles. The first-order valence-corrected chi connectivity index (χ1v) is 13.8. The molecule has 0 saturated heterocycles. The number of benzene rings is 1. The molecular formula is C29H50N2O4. The third kappa shape index (κ3) is 16.9. The summed E-state index contributed by atoms with van der Waals surface area (Å²) >= 11 is 0. The lowest BCUT2D eigenvalue weighted by molar-refractivity contribution is 0.158. The number of hydrogen-bond donors (Lipinski definition) is 2. The Hall–Kier alpha value is -2.24. The van der Waals surface area contributed by atoms with E-state index in [1.165, 1.54) is 51.4 Å². The fraction of sp³-hybridized carbons (Fsp3) is 0.724. The molecule has 0 bridgehead atoms. The van der Waals surface area contributed by atoms with Crippen LogP contribution in [0.25, 0.3) is 0 Å². The predicted molar refractivity (Wildman–Crippen MR) is 146 cm³/mol. The number of nitrogens with one attached hydrogen (secondary N) is 2. The van der Waals surface area contributed by atoms with E-state index in [0.29, 0.717) is 24.6 Å². The van der Waals surface area contributed by atoms with Crippen molar-refractivity contribution in [1.82, 2.24) is 0 Å². The average Bonchev–Trinajstić information content (AvgIpc) is 2.79. The second-order valence-electron chi connectivity index (χ2n) is 10.5. The summed E-state index contributed by atoms with van der Waals surface area (Å²) < 4.78 is 10.6. The highest BCUT2D eigenvalue weighted by Gasteiger charge is 2.09. The van der Waals surface area contributed by atoms with Crippen molar-refractivity contribution in [3.63, 3.8) is 0 Å². The van der Waals surface area contributed by atoms with E-state index in [9.17, 15) is 9.59 Å². The maximum absolute atomic E-state index is 12.2. The molecule has 0 radical (unpaired) electrons. The number of carbonyl (C=O) groups is 2. The second kappa shape index (κ2) is 19.0. The number of unbranched alkanes of at least 4 members (excludes halogenated alkanes) is 8. The van der Waals surface area contributed by atoms with Gasteiger partial charge in [-0.05, 0) is 49.3 Å². The molecule has 1 rings (SSSR count). The fourth-order valence-corrected chi connectivity index (χ4v) is 3.83. The van der Waals surface area contributed by atoms with Crippen LogP contribution in [-0.4, -0.2) is 25.4 Å². The summed E-state index contributed by atoms with van der Waals surface area (Å²) in [6.07, 6.45) is 12.9. The maximum atomic E-state index is 12.2. The Morgan fingerprint density at radius 1 is 0.686 bits per heavy atom. The van der Waals surface area contributed by atoms with Gasteiger partial charge in [-0.1, -0.05) is 98.0 Å². The highest BCUT2D eigenvalue weighted by atomic mass is 16.6. The van der Waals surface area contributed by atoms with Gasteiger partial charge >= 0.3 is 12.2 Å². The molecule has 200 valence electrons. The number of carbonyl (C=O) groups excluding carboxylic acids is 2. The van der Waals surface area contributed by atoms with Gasteiger partial charge in [0.1, 0.15) is 0 Å². The minimum Gasteiger partial charge on any atom is -0.449 e. The molecule has 6 heteroatoms. The van der Waals surface area contributed by atoms with E-state index >= 15 is 0 Å². The first-order chi connectivity index (χ1) is 16.8. The molecule has 6 nitrogen and oxygen atoms in total. The topological polar surface area (TPSA) is 76.7 Å². The first-order valence-electron chi connectivity index (χ1n) is 13.8. The lowest BCUT2D eigenvalue weighted by Crippen LogP contribution is -2.17. The summed E-state index contributed by atoms with van der Waals surface area (Å²) in [5.74, 6) is 1.54. The molecule has 0 unspecified atom stereocenters. The van der Waals surface area contributed by atoms with Crippen molar-refractivity contribution >= 4 is 23.6 Å². The monoisotopic (exact) mass is 490 g/mol. The third-order valence-corrected chi connectivity index (χ3v) is 6.04. The molecule has 0 aliphatic heterocycles. The Labute approximate surface area is 213 Å². The number of aryl methyl sites for hydroxylation is 1. The molecule has 0 aromatic heterocycles. The van der Waals surface area contributed by atoms with Crippen molar-refractivity contribution < 1.29 is 19.1 Å². The van der Waals surface area contributed by atoms with Crippen molar-refractivity contribution in [2.75, 3.05) is 23.8 Å². The van der Waals surface area contributed by atoms with Crippen LogP contribution in [-0.2, 0) is 9.47 Å². The van der Waals surface area contributed by atoms with Crippen molar-refractivity contribution in [3.8, 4) is 0 Å². The van der Waals surface area contributed by atoms with Crippen LogP contribution in [0.15, 0.2) is 18.2 Å². The molecule has 1 aromatic rings. The first kappa shape index (κ1) is 30.8. The summed E-state index contributed by atoms with van der Waals surface area (Å²) in [4.78, 5) is 24.3. The molecule has 0 aliphatic carbocycles. The minimum absolute atomic E-state index is 0.414. The van der Waals surface area contributed by atoms with Gasteiger partial charge in [0, 0.05) is 11.4 Å². The van der Waals surface area contributed by atoms with Crippen LogP contribution in [0.3, 0.4) is 0 Å². The SMILES string of the molecule is Cc1ccc(NC(=O)OCCCCCCCC(C)C)cc1NC(=O)OCCCCCCCC(C)C. The quantitative estimate of drug-likeness (QED) is 0.201. The molecular weight excluding hydrogens is 440 g/mol. The molecule has 0 atom stereocenters. The largest absolute Gasteiger partial charge is 0.449 e. The van der Waals surface area contributed by atoms with Gasteiger partial charge in [-0.2, -0.15) is 0 Å². The van der Waals surface area contributed by atoms with Gasteiger partial charge in [0.15, 0.2) is 0 Å². The van der Waals surface area contributed by atoms with Crippen LogP contribution in [0.1, 0.15) is 110 Å². The number of hydrogen-bond acceptors (Lipinski definition) is 4. The summed E-state index contributed by atoms with van der Waals surface area (Å²) in [6.45, 7) is 11.7. The number of anilines is 2. The number of ether oxygens (including phenoxy) is 2. The highest BCUT2D eigenvalue weighted by molar-refractivity contribution is 5.89. The average molecular weight is 491 g/mol. The van der Waals surface area contributed by atoms with E-state index in [4.69, 9.17) is 9.47 Å². The van der Waals surface area contributed by atoms with Crippen molar-refractivity contribution in [3.05, 3.63) is 23.8 Å². The van der Waals surface area contributed by atoms with Crippen molar-refractivity contribution in [2.24, 2.45) is 11.8 Å². The Morgan fingerprint density at radius 3 is 1.66 bits per heavy atom. The van der Waals surface area contributed by atoms with Crippen LogP contribution in [0, 0.1) is 18.8 Å². The molecule has 0 heterocycles. The number of rotatable bonds is 18. The predicted octanol–water partition coefficient (Wildman–Crippen LogP) is 9.09. The van der Waals surface area contributed by atoms with Crippen molar-refractivity contribution in [2.45, 2.75) is 112 Å². The van der Waals surface area contributed by atoms with Gasteiger partial charge < -0.3 is 9.47 Å². The zero-order valence-electron chi connectivity index (χ0n) is 22.9. The van der Waals surface area contributed by atoms with Crippen LogP contribution in [0.4, 0.5) is 21.0 Å². The maximum Gasteiger partial charge on any atom is 0.411 e. The van der Waals surface area contributed by atoms with E-state index in [1.54, 1.807) is 12.1 Å². The molecule has 2 N–H and O–H groups in total. The van der Waals surface area contributed by atoms with Gasteiger partial charge in [-0.15, -0.1) is 0 Å². The normalized spacial score (nSPS) is 11.1. The zero-order valence-corrected chi connectivity index (χ0v) is 22.9. The van der Waals surface area contributed by atoms with Crippen LogP contribution in [0.5, 0.6) is 0 Å². The van der Waals surface area contributed by atoms with Gasteiger partial charge in [0.2, 0.25) is 0 Å². The van der Waals surface area contributed by atoms with Gasteiger partial charge in [-0.25, -0.2) is 9.59 Å². The smallest absolute Gasteiger partial charge is 0.411 e. The van der Waals surface area contributed by atoms with Crippen LogP contribution in [0.2, 0.25) is 0 Å². The van der Waals surface area contributed by atoms with E-state index in [2.05, 4.69) is 38.3 Å². The Balaban J connectivity index is 2.23. The molecule has 0 fully saturated rings. The Bertz CT molecular complexity index is 719. The van der Waals surface area contributed by atoms with Gasteiger partial charge in [-0.3, -0.25) is 10.6 Å². The number of amides is 2. The highest BCUT2D eigenvalue weighted by Crippen LogP contribution is 2.21. The molecule has 35 heavy (non-hydrogen) atoms. The third-order valence-electron chi connectivity index (χ3n) is 6.04. The summed E-state index contributed by atoms with van der Waals surface area (Å²) in [7, 11) is 0. The van der Waals surface area contributed by atoms with Crippen LogP contribution >= 0.6 is 0 Å². The molecule has 0 aliphatic rings. The Morgan fingerprint density at radius 2 is 1.14 bits per heavy atom.